The summed E-state index contributed by atoms with van der Waals surface area (Å²) in [6.45, 7) is 0. The van der Waals surface area contributed by atoms with Crippen molar-refractivity contribution in [3.05, 3.63) is 25.6 Å². The number of carboxylic acids is 1. The van der Waals surface area contributed by atoms with Crippen LogP contribution in [-0.2, 0) is 14.8 Å². The van der Waals surface area contributed by atoms with Gasteiger partial charge in [0.1, 0.15) is 0 Å². The number of aliphatic carboxylic acids is 1. The summed E-state index contributed by atoms with van der Waals surface area (Å²) in [5.41, 5.74) is 0.337. The highest BCUT2D eigenvalue weighted by molar-refractivity contribution is 9.11. The predicted octanol–water partition coefficient (Wildman–Crippen LogP) is 3.19. The fourth-order valence-electron chi connectivity index (χ4n) is 1.07. The van der Waals surface area contributed by atoms with Gasteiger partial charge in [-0.1, -0.05) is 15.9 Å². The number of carboxylic acid groups (broad SMARTS) is 1. The van der Waals surface area contributed by atoms with Gasteiger partial charge in [0.2, 0.25) is 10.0 Å². The van der Waals surface area contributed by atoms with E-state index in [-0.39, 0.29) is 0 Å². The molecule has 0 fully saturated rings. The lowest BCUT2D eigenvalue weighted by atomic mass is 10.3. The maximum atomic E-state index is 11.7. The van der Waals surface area contributed by atoms with Gasteiger partial charge in [-0.05, 0) is 44.0 Å². The van der Waals surface area contributed by atoms with E-state index < -0.39 is 28.2 Å². The van der Waals surface area contributed by atoms with Crippen LogP contribution in [0.3, 0.4) is 0 Å². The lowest BCUT2D eigenvalue weighted by Crippen LogP contribution is -2.19. The van der Waals surface area contributed by atoms with Gasteiger partial charge in [-0.2, -0.15) is 0 Å². The Labute approximate surface area is 129 Å². The molecule has 1 aromatic carbocycles. The van der Waals surface area contributed by atoms with Gasteiger partial charge in [0, 0.05) is 13.4 Å². The van der Waals surface area contributed by atoms with Gasteiger partial charge in [-0.3, -0.25) is 9.52 Å². The monoisotopic (exact) mass is 463 g/mol. The molecule has 0 heterocycles. The highest BCUT2D eigenvalue weighted by atomic mass is 79.9. The third-order valence-electron chi connectivity index (χ3n) is 1.85. The molecule has 0 saturated heterocycles. The van der Waals surface area contributed by atoms with Gasteiger partial charge in [0.15, 0.2) is 0 Å². The van der Waals surface area contributed by atoms with E-state index in [0.29, 0.717) is 14.6 Å². The standard InChI is InChI=1S/C9H8Br3NO4S/c10-5-3-6(11)9(7(12)4-5)13-18(16,17)2-1-8(14)15/h3-4,13H,1-2H2,(H,14,15). The molecule has 0 atom stereocenters. The van der Waals surface area contributed by atoms with Crippen LogP contribution in [0.15, 0.2) is 25.6 Å². The Hall–Kier alpha value is -0.120. The van der Waals surface area contributed by atoms with Crippen LogP contribution in [-0.4, -0.2) is 25.2 Å². The topological polar surface area (TPSA) is 83.5 Å². The first kappa shape index (κ1) is 15.9. The number of sulfonamides is 1. The summed E-state index contributed by atoms with van der Waals surface area (Å²) >= 11 is 9.72. The number of nitrogens with one attached hydrogen (secondary N) is 1. The van der Waals surface area contributed by atoms with E-state index in [2.05, 4.69) is 52.5 Å². The lowest BCUT2D eigenvalue weighted by molar-refractivity contribution is -0.136. The molecule has 0 aromatic heterocycles. The first-order valence-corrected chi connectivity index (χ1v) is 8.61. The summed E-state index contributed by atoms with van der Waals surface area (Å²) in [4.78, 5) is 10.4. The Bertz CT molecular complexity index is 550. The molecule has 100 valence electrons. The van der Waals surface area contributed by atoms with E-state index in [4.69, 9.17) is 5.11 Å². The molecule has 0 aliphatic carbocycles. The largest absolute Gasteiger partial charge is 0.481 e. The Balaban J connectivity index is 2.94. The van der Waals surface area contributed by atoms with Crippen molar-refractivity contribution in [2.75, 3.05) is 10.5 Å². The number of hydrogen-bond donors (Lipinski definition) is 2. The minimum Gasteiger partial charge on any atom is -0.481 e. The van der Waals surface area contributed by atoms with E-state index in [1.54, 1.807) is 12.1 Å². The van der Waals surface area contributed by atoms with Gasteiger partial charge in [-0.15, -0.1) is 0 Å². The average Bonchev–Trinajstić information content (AvgIpc) is 2.21. The molecule has 9 heteroatoms. The molecule has 0 saturated carbocycles. The van der Waals surface area contributed by atoms with Crippen molar-refractivity contribution in [1.29, 1.82) is 0 Å². The van der Waals surface area contributed by atoms with Crippen LogP contribution in [0.5, 0.6) is 0 Å². The molecule has 0 aliphatic rings. The summed E-state index contributed by atoms with van der Waals surface area (Å²) in [6.07, 6.45) is -0.443. The molecule has 0 radical (unpaired) electrons. The summed E-state index contributed by atoms with van der Waals surface area (Å²) in [6, 6.07) is 3.36. The van der Waals surface area contributed by atoms with Crippen LogP contribution >= 0.6 is 47.8 Å². The SMILES string of the molecule is O=C(O)CCS(=O)(=O)Nc1c(Br)cc(Br)cc1Br. The summed E-state index contributed by atoms with van der Waals surface area (Å²) in [7, 11) is -3.69. The predicted molar refractivity (Wildman–Crippen MR) is 79.2 cm³/mol. The smallest absolute Gasteiger partial charge is 0.304 e. The van der Waals surface area contributed by atoms with Crippen molar-refractivity contribution in [2.45, 2.75) is 6.42 Å². The van der Waals surface area contributed by atoms with E-state index >= 15 is 0 Å². The molecule has 2 N–H and O–H groups in total. The molecule has 5 nitrogen and oxygen atoms in total. The van der Waals surface area contributed by atoms with Crippen LogP contribution in [0.2, 0.25) is 0 Å². The van der Waals surface area contributed by atoms with E-state index in [0.717, 1.165) is 4.47 Å². The van der Waals surface area contributed by atoms with Crippen LogP contribution in [0.25, 0.3) is 0 Å². The molecule has 1 rings (SSSR count). The Morgan fingerprint density at radius 2 is 1.72 bits per heavy atom. The lowest BCUT2D eigenvalue weighted by Gasteiger charge is -2.11. The van der Waals surface area contributed by atoms with Crippen LogP contribution in [0, 0.1) is 0 Å². The molecule has 0 amide bonds. The maximum absolute atomic E-state index is 11.7. The second kappa shape index (κ2) is 6.36. The zero-order chi connectivity index (χ0) is 13.9. The fraction of sp³-hybridized carbons (Fsp3) is 0.222. The quantitative estimate of drug-likeness (QED) is 0.699. The van der Waals surface area contributed by atoms with E-state index in [1.807, 2.05) is 0 Å². The van der Waals surface area contributed by atoms with Crippen molar-refractivity contribution in [1.82, 2.24) is 0 Å². The molecule has 18 heavy (non-hydrogen) atoms. The van der Waals surface area contributed by atoms with Gasteiger partial charge in [0.05, 0.1) is 17.9 Å². The van der Waals surface area contributed by atoms with Crippen molar-refractivity contribution in [3.8, 4) is 0 Å². The van der Waals surface area contributed by atoms with Crippen LogP contribution < -0.4 is 4.72 Å². The van der Waals surface area contributed by atoms with Crippen LogP contribution in [0.1, 0.15) is 6.42 Å². The zero-order valence-corrected chi connectivity index (χ0v) is 14.4. The number of rotatable bonds is 5. The molecule has 0 bridgehead atoms. The number of benzene rings is 1. The van der Waals surface area contributed by atoms with Crippen molar-refractivity contribution in [3.63, 3.8) is 0 Å². The molecule has 1 aromatic rings. The Morgan fingerprint density at radius 1 is 1.22 bits per heavy atom. The minimum absolute atomic E-state index is 0.337. The molecule has 0 aliphatic heterocycles. The first-order valence-electron chi connectivity index (χ1n) is 4.58. The number of hydrogen-bond acceptors (Lipinski definition) is 3. The first-order chi connectivity index (χ1) is 8.21. The minimum atomic E-state index is -3.69. The third kappa shape index (κ3) is 4.87. The zero-order valence-electron chi connectivity index (χ0n) is 8.78. The number of anilines is 1. The number of halogens is 3. The summed E-state index contributed by atoms with van der Waals surface area (Å²) in [5, 5.41) is 8.47. The highest BCUT2D eigenvalue weighted by Crippen LogP contribution is 2.34. The van der Waals surface area contributed by atoms with Crippen molar-refractivity contribution < 1.29 is 18.3 Å². The average molecular weight is 466 g/mol. The van der Waals surface area contributed by atoms with Crippen LogP contribution in [0.4, 0.5) is 5.69 Å². The normalized spacial score (nSPS) is 11.3. The third-order valence-corrected chi connectivity index (χ3v) is 4.81. The Morgan fingerprint density at radius 3 is 2.17 bits per heavy atom. The molecule has 0 spiro atoms. The van der Waals surface area contributed by atoms with Gasteiger partial charge < -0.3 is 5.11 Å². The molecular weight excluding hydrogens is 458 g/mol. The molecule has 0 unspecified atom stereocenters. The van der Waals surface area contributed by atoms with Crippen molar-refractivity contribution >= 4 is 69.5 Å². The summed E-state index contributed by atoms with van der Waals surface area (Å²) < 4.78 is 27.5. The Kier molecular flexibility index (Phi) is 5.63. The van der Waals surface area contributed by atoms with Gasteiger partial charge in [-0.25, -0.2) is 8.42 Å². The maximum Gasteiger partial charge on any atom is 0.304 e. The number of carbonyl (C=O) groups is 1. The van der Waals surface area contributed by atoms with Crippen molar-refractivity contribution in [2.24, 2.45) is 0 Å². The van der Waals surface area contributed by atoms with E-state index in [9.17, 15) is 13.2 Å². The second-order valence-electron chi connectivity index (χ2n) is 3.31. The summed E-state index contributed by atoms with van der Waals surface area (Å²) in [5.74, 6) is -1.63. The van der Waals surface area contributed by atoms with Gasteiger partial charge >= 0.3 is 5.97 Å². The fourth-order valence-corrected chi connectivity index (χ4v) is 4.86. The molecular formula is C9H8Br3NO4S. The van der Waals surface area contributed by atoms with Gasteiger partial charge in [0.25, 0.3) is 0 Å². The highest BCUT2D eigenvalue weighted by Gasteiger charge is 2.16. The second-order valence-corrected chi connectivity index (χ2v) is 7.78. The van der Waals surface area contributed by atoms with E-state index in [1.165, 1.54) is 0 Å².